The molecule has 0 N–H and O–H groups in total. The van der Waals surface area contributed by atoms with Crippen LogP contribution in [0, 0.1) is 5.92 Å². The highest BCUT2D eigenvalue weighted by atomic mass is 32.2. The fraction of sp³-hybridized carbons (Fsp3) is 1.00. The second kappa shape index (κ2) is 2.95. The quantitative estimate of drug-likeness (QED) is 0.642. The molecule has 0 amide bonds. The van der Waals surface area contributed by atoms with Crippen LogP contribution < -0.4 is 0 Å². The average Bonchev–Trinajstić information content (AvgIpc) is 2.29. The summed E-state index contributed by atoms with van der Waals surface area (Å²) in [5.74, 6) is 0.840. The molecule has 2 aliphatic rings. The Balaban J connectivity index is 2.31. The third kappa shape index (κ3) is 1.50. The van der Waals surface area contributed by atoms with Gasteiger partial charge in [-0.3, -0.25) is 0 Å². The van der Waals surface area contributed by atoms with Crippen LogP contribution in [0.3, 0.4) is 0 Å². The summed E-state index contributed by atoms with van der Waals surface area (Å²) in [6.07, 6.45) is 3.27. The van der Waals surface area contributed by atoms with Gasteiger partial charge in [-0.2, -0.15) is 4.31 Å². The first-order chi connectivity index (χ1) is 6.00. The number of nitrogens with zero attached hydrogens (tertiary/aromatic N) is 1. The fourth-order valence-electron chi connectivity index (χ4n) is 2.78. The maximum Gasteiger partial charge on any atom is 0.214 e. The topological polar surface area (TPSA) is 37.4 Å². The molecular weight excluding hydrogens is 186 g/mol. The Morgan fingerprint density at radius 2 is 2.00 bits per heavy atom. The van der Waals surface area contributed by atoms with Crippen molar-refractivity contribution in [3.63, 3.8) is 0 Å². The lowest BCUT2D eigenvalue weighted by Crippen LogP contribution is -2.48. The first kappa shape index (κ1) is 9.46. The second-order valence-corrected chi connectivity index (χ2v) is 6.45. The highest BCUT2D eigenvalue weighted by Crippen LogP contribution is 2.38. The van der Waals surface area contributed by atoms with Crippen molar-refractivity contribution in [3.05, 3.63) is 0 Å². The van der Waals surface area contributed by atoms with Crippen molar-refractivity contribution in [2.75, 3.05) is 5.75 Å². The third-order valence-electron chi connectivity index (χ3n) is 3.15. The maximum atomic E-state index is 11.8. The molecule has 2 fully saturated rings. The minimum absolute atomic E-state index is 0.133. The van der Waals surface area contributed by atoms with Gasteiger partial charge in [0.1, 0.15) is 0 Å². The molecule has 1 aliphatic carbocycles. The Bertz CT molecular complexity index is 297. The Kier molecular flexibility index (Phi) is 2.15. The van der Waals surface area contributed by atoms with Gasteiger partial charge >= 0.3 is 0 Å². The summed E-state index contributed by atoms with van der Waals surface area (Å²) in [5.41, 5.74) is 0. The smallest absolute Gasteiger partial charge is 0.212 e. The number of sulfonamides is 1. The molecule has 2 atom stereocenters. The van der Waals surface area contributed by atoms with Gasteiger partial charge in [-0.1, -0.05) is 0 Å². The van der Waals surface area contributed by atoms with Crippen LogP contribution in [-0.2, 0) is 10.0 Å². The third-order valence-corrected chi connectivity index (χ3v) is 5.40. The molecule has 0 radical (unpaired) electrons. The molecule has 13 heavy (non-hydrogen) atoms. The highest BCUT2D eigenvalue weighted by Gasteiger charge is 2.44. The van der Waals surface area contributed by atoms with Gasteiger partial charge in [-0.05, 0) is 39.0 Å². The summed E-state index contributed by atoms with van der Waals surface area (Å²) in [6.45, 7) is 3.94. The van der Waals surface area contributed by atoms with Gasteiger partial charge in [0.15, 0.2) is 0 Å². The lowest BCUT2D eigenvalue weighted by atomic mass is 10.1. The van der Waals surface area contributed by atoms with E-state index >= 15 is 0 Å². The standard InChI is InChI=1S/C9H17NO2S/c1-7(2)10-9-4-3-8(5-9)6-13(10,11)12/h7-9H,3-6H2,1-2H3. The molecule has 3 nitrogen and oxygen atoms in total. The van der Waals surface area contributed by atoms with E-state index < -0.39 is 10.0 Å². The summed E-state index contributed by atoms with van der Waals surface area (Å²) >= 11 is 0. The van der Waals surface area contributed by atoms with Gasteiger partial charge in [0.2, 0.25) is 10.0 Å². The Morgan fingerprint density at radius 3 is 2.62 bits per heavy atom. The van der Waals surface area contributed by atoms with Gasteiger partial charge in [-0.25, -0.2) is 8.42 Å². The summed E-state index contributed by atoms with van der Waals surface area (Å²) in [5, 5.41) is 0. The van der Waals surface area contributed by atoms with Crippen LogP contribution in [0.2, 0.25) is 0 Å². The van der Waals surface area contributed by atoms with Gasteiger partial charge < -0.3 is 0 Å². The molecule has 2 rings (SSSR count). The van der Waals surface area contributed by atoms with E-state index in [1.54, 1.807) is 4.31 Å². The minimum atomic E-state index is -2.93. The van der Waals surface area contributed by atoms with Gasteiger partial charge in [0.05, 0.1) is 5.75 Å². The molecule has 2 unspecified atom stereocenters. The van der Waals surface area contributed by atoms with Crippen molar-refractivity contribution in [2.45, 2.75) is 45.2 Å². The van der Waals surface area contributed by atoms with Crippen molar-refractivity contribution in [1.29, 1.82) is 0 Å². The zero-order valence-corrected chi connectivity index (χ0v) is 9.05. The van der Waals surface area contributed by atoms with E-state index in [1.165, 1.54) is 0 Å². The zero-order chi connectivity index (χ0) is 9.64. The molecule has 0 aromatic heterocycles. The molecule has 76 valence electrons. The highest BCUT2D eigenvalue weighted by molar-refractivity contribution is 7.89. The van der Waals surface area contributed by atoms with E-state index in [0.29, 0.717) is 17.7 Å². The Morgan fingerprint density at radius 1 is 1.31 bits per heavy atom. The van der Waals surface area contributed by atoms with Crippen molar-refractivity contribution < 1.29 is 8.42 Å². The zero-order valence-electron chi connectivity index (χ0n) is 8.23. The van der Waals surface area contributed by atoms with Gasteiger partial charge in [0, 0.05) is 12.1 Å². The van der Waals surface area contributed by atoms with Crippen molar-refractivity contribution in [3.8, 4) is 0 Å². The molecule has 1 aliphatic heterocycles. The van der Waals surface area contributed by atoms with Crippen molar-refractivity contribution in [1.82, 2.24) is 4.31 Å². The van der Waals surface area contributed by atoms with E-state index in [-0.39, 0.29) is 6.04 Å². The summed E-state index contributed by atoms with van der Waals surface area (Å²) < 4.78 is 25.4. The van der Waals surface area contributed by atoms with Crippen LogP contribution in [0.1, 0.15) is 33.1 Å². The first-order valence-corrected chi connectivity index (χ1v) is 6.63. The molecule has 1 saturated heterocycles. The Labute approximate surface area is 80.2 Å². The van der Waals surface area contributed by atoms with E-state index in [2.05, 4.69) is 0 Å². The van der Waals surface area contributed by atoms with E-state index in [9.17, 15) is 8.42 Å². The first-order valence-electron chi connectivity index (χ1n) is 5.02. The van der Waals surface area contributed by atoms with Crippen LogP contribution in [-0.4, -0.2) is 30.6 Å². The number of rotatable bonds is 1. The Hall–Kier alpha value is -0.0900. The lowest BCUT2D eigenvalue weighted by Gasteiger charge is -2.35. The summed E-state index contributed by atoms with van der Waals surface area (Å²) in [4.78, 5) is 0. The SMILES string of the molecule is CC(C)N1C2CCC(C2)CS1(=O)=O. The van der Waals surface area contributed by atoms with Gasteiger partial charge in [-0.15, -0.1) is 0 Å². The van der Waals surface area contributed by atoms with E-state index in [0.717, 1.165) is 19.3 Å². The van der Waals surface area contributed by atoms with Crippen molar-refractivity contribution in [2.24, 2.45) is 5.92 Å². The summed E-state index contributed by atoms with van der Waals surface area (Å²) in [7, 11) is -2.93. The maximum absolute atomic E-state index is 11.8. The molecule has 4 heteroatoms. The lowest BCUT2D eigenvalue weighted by molar-refractivity contribution is 0.257. The van der Waals surface area contributed by atoms with Gasteiger partial charge in [0.25, 0.3) is 0 Å². The average molecular weight is 203 g/mol. The number of hydrogen-bond acceptors (Lipinski definition) is 2. The molecule has 0 aromatic carbocycles. The second-order valence-electron chi connectivity index (χ2n) is 4.54. The molecule has 0 aromatic rings. The molecular formula is C9H17NO2S. The predicted octanol–water partition coefficient (Wildman–Crippen LogP) is 1.21. The minimum Gasteiger partial charge on any atom is -0.212 e. The molecule has 2 bridgehead atoms. The number of fused-ring (bicyclic) bond motifs is 2. The van der Waals surface area contributed by atoms with Crippen molar-refractivity contribution >= 4 is 10.0 Å². The largest absolute Gasteiger partial charge is 0.214 e. The molecule has 1 saturated carbocycles. The number of hydrogen-bond donors (Lipinski definition) is 0. The predicted molar refractivity (Wildman–Crippen MR) is 51.9 cm³/mol. The van der Waals surface area contributed by atoms with Crippen LogP contribution in [0.15, 0.2) is 0 Å². The van der Waals surface area contributed by atoms with Crippen LogP contribution in [0.4, 0.5) is 0 Å². The van der Waals surface area contributed by atoms with Crippen LogP contribution in [0.5, 0.6) is 0 Å². The normalized spacial score (nSPS) is 38.4. The summed E-state index contributed by atoms with van der Waals surface area (Å²) in [6, 6.07) is 0.442. The molecule has 0 spiro atoms. The fourth-order valence-corrected chi connectivity index (χ4v) is 5.14. The monoisotopic (exact) mass is 203 g/mol. The van der Waals surface area contributed by atoms with E-state index in [1.807, 2.05) is 13.8 Å². The molecule has 1 heterocycles. The van der Waals surface area contributed by atoms with Crippen LogP contribution in [0.25, 0.3) is 0 Å². The van der Waals surface area contributed by atoms with Crippen LogP contribution >= 0.6 is 0 Å². The van der Waals surface area contributed by atoms with E-state index in [4.69, 9.17) is 0 Å².